The summed E-state index contributed by atoms with van der Waals surface area (Å²) in [6, 6.07) is 23.9. The van der Waals surface area contributed by atoms with E-state index in [0.29, 0.717) is 23.7 Å². The van der Waals surface area contributed by atoms with Gasteiger partial charge in [-0.1, -0.05) is 72.3 Å². The van der Waals surface area contributed by atoms with Crippen molar-refractivity contribution in [2.75, 3.05) is 13.2 Å². The Hall–Kier alpha value is -3.31. The monoisotopic (exact) mass is 464 g/mol. The third kappa shape index (κ3) is 7.09. The van der Waals surface area contributed by atoms with Gasteiger partial charge in [-0.25, -0.2) is 0 Å². The van der Waals surface area contributed by atoms with Crippen molar-refractivity contribution in [3.05, 3.63) is 101 Å². The van der Waals surface area contributed by atoms with Crippen molar-refractivity contribution in [1.82, 2.24) is 10.2 Å². The largest absolute Gasteiger partial charge is 0.484 e. The Bertz CT molecular complexity index is 1070. The number of likely N-dealkylation sites (N-methyl/N-ethyl adjacent to an activating group) is 1. The molecule has 172 valence electrons. The fraction of sp³-hybridized carbons (Fsp3) is 0.259. The van der Waals surface area contributed by atoms with Crippen LogP contribution in [-0.2, 0) is 22.6 Å². The van der Waals surface area contributed by atoms with Crippen LogP contribution < -0.4 is 10.1 Å². The van der Waals surface area contributed by atoms with E-state index in [9.17, 15) is 9.59 Å². The molecule has 1 unspecified atom stereocenters. The standard InChI is InChI=1S/C27H29ClN2O3/c1-3-29-27(32)24(17-21-11-5-4-6-12-21)30(18-22-13-9-14-23(28)16-22)26(31)19-33-25-15-8-7-10-20(25)2/h4-16,24H,3,17-19H2,1-2H3,(H,29,32). The number of aryl methyl sites for hydroxylation is 1. The minimum Gasteiger partial charge on any atom is -0.484 e. The van der Waals surface area contributed by atoms with Gasteiger partial charge in [-0.2, -0.15) is 0 Å². The molecular weight excluding hydrogens is 436 g/mol. The fourth-order valence-corrected chi connectivity index (χ4v) is 3.83. The summed E-state index contributed by atoms with van der Waals surface area (Å²) in [5, 5.41) is 3.46. The zero-order valence-corrected chi connectivity index (χ0v) is 19.7. The molecule has 33 heavy (non-hydrogen) atoms. The number of para-hydroxylation sites is 1. The maximum atomic E-state index is 13.4. The number of nitrogens with zero attached hydrogens (tertiary/aromatic N) is 1. The van der Waals surface area contributed by atoms with Gasteiger partial charge in [-0.05, 0) is 48.7 Å². The van der Waals surface area contributed by atoms with Gasteiger partial charge in [0.15, 0.2) is 6.61 Å². The highest BCUT2D eigenvalue weighted by Crippen LogP contribution is 2.19. The van der Waals surface area contributed by atoms with Crippen LogP contribution in [0, 0.1) is 6.92 Å². The van der Waals surface area contributed by atoms with Crippen molar-refractivity contribution in [1.29, 1.82) is 0 Å². The maximum Gasteiger partial charge on any atom is 0.261 e. The van der Waals surface area contributed by atoms with Crippen LogP contribution in [-0.4, -0.2) is 35.9 Å². The van der Waals surface area contributed by atoms with Crippen molar-refractivity contribution in [2.24, 2.45) is 0 Å². The smallest absolute Gasteiger partial charge is 0.261 e. The normalized spacial score (nSPS) is 11.5. The molecule has 0 aliphatic rings. The van der Waals surface area contributed by atoms with E-state index in [1.165, 1.54) is 0 Å². The summed E-state index contributed by atoms with van der Waals surface area (Å²) in [5.41, 5.74) is 2.75. The van der Waals surface area contributed by atoms with Gasteiger partial charge in [0.1, 0.15) is 11.8 Å². The maximum absolute atomic E-state index is 13.4. The Kier molecular flexibility index (Phi) is 8.90. The molecule has 3 aromatic carbocycles. The Morgan fingerprint density at radius 1 is 0.970 bits per heavy atom. The Morgan fingerprint density at radius 2 is 1.67 bits per heavy atom. The van der Waals surface area contributed by atoms with E-state index >= 15 is 0 Å². The number of rotatable bonds is 10. The third-order valence-corrected chi connectivity index (χ3v) is 5.54. The summed E-state index contributed by atoms with van der Waals surface area (Å²) in [4.78, 5) is 28.1. The minimum atomic E-state index is -0.695. The molecule has 0 fully saturated rings. The first-order valence-electron chi connectivity index (χ1n) is 11.0. The van der Waals surface area contributed by atoms with Gasteiger partial charge in [0.2, 0.25) is 5.91 Å². The average molecular weight is 465 g/mol. The van der Waals surface area contributed by atoms with Gasteiger partial charge in [0, 0.05) is 24.5 Å². The number of benzene rings is 3. The van der Waals surface area contributed by atoms with E-state index in [0.717, 1.165) is 16.7 Å². The molecule has 1 N–H and O–H groups in total. The van der Waals surface area contributed by atoms with Crippen molar-refractivity contribution < 1.29 is 14.3 Å². The second kappa shape index (κ2) is 12.1. The Balaban J connectivity index is 1.90. The van der Waals surface area contributed by atoms with E-state index in [1.54, 1.807) is 17.0 Å². The van der Waals surface area contributed by atoms with E-state index < -0.39 is 6.04 Å². The van der Waals surface area contributed by atoms with Gasteiger partial charge in [0.05, 0.1) is 0 Å². The Labute approximate surface area is 200 Å². The summed E-state index contributed by atoms with van der Waals surface area (Å²) in [5.74, 6) is 0.171. The zero-order chi connectivity index (χ0) is 23.6. The zero-order valence-electron chi connectivity index (χ0n) is 19.0. The second-order valence-electron chi connectivity index (χ2n) is 7.81. The predicted octanol–water partition coefficient (Wildman–Crippen LogP) is 4.80. The molecular formula is C27H29ClN2O3. The van der Waals surface area contributed by atoms with E-state index in [-0.39, 0.29) is 25.0 Å². The molecule has 2 amide bonds. The molecule has 0 spiro atoms. The molecule has 0 radical (unpaired) electrons. The summed E-state index contributed by atoms with van der Waals surface area (Å²) < 4.78 is 5.83. The number of ether oxygens (including phenoxy) is 1. The summed E-state index contributed by atoms with van der Waals surface area (Å²) >= 11 is 6.18. The highest BCUT2D eigenvalue weighted by Gasteiger charge is 2.30. The van der Waals surface area contributed by atoms with Crippen molar-refractivity contribution >= 4 is 23.4 Å². The average Bonchev–Trinajstić information content (AvgIpc) is 2.81. The van der Waals surface area contributed by atoms with Crippen molar-refractivity contribution in [3.8, 4) is 5.75 Å². The summed E-state index contributed by atoms with van der Waals surface area (Å²) in [6.45, 7) is 4.34. The molecule has 0 bridgehead atoms. The number of hydrogen-bond donors (Lipinski definition) is 1. The van der Waals surface area contributed by atoms with Gasteiger partial charge in [0.25, 0.3) is 5.91 Å². The van der Waals surface area contributed by atoms with E-state index in [2.05, 4.69) is 5.32 Å². The number of carbonyl (C=O) groups is 2. The van der Waals surface area contributed by atoms with Crippen molar-refractivity contribution in [3.63, 3.8) is 0 Å². The lowest BCUT2D eigenvalue weighted by molar-refractivity contribution is -0.142. The molecule has 3 rings (SSSR count). The number of carbonyl (C=O) groups excluding carboxylic acids is 2. The van der Waals surface area contributed by atoms with Gasteiger partial charge < -0.3 is 15.0 Å². The van der Waals surface area contributed by atoms with Gasteiger partial charge >= 0.3 is 0 Å². The van der Waals surface area contributed by atoms with E-state index in [1.807, 2.05) is 80.6 Å². The van der Waals surface area contributed by atoms with Crippen LogP contribution in [0.3, 0.4) is 0 Å². The van der Waals surface area contributed by atoms with Crippen LogP contribution >= 0.6 is 11.6 Å². The molecule has 0 aliphatic heterocycles. The minimum absolute atomic E-state index is 0.171. The van der Waals surface area contributed by atoms with Crippen LogP contribution in [0.2, 0.25) is 5.02 Å². The first-order valence-corrected chi connectivity index (χ1v) is 11.4. The van der Waals surface area contributed by atoms with Gasteiger partial charge in [-0.15, -0.1) is 0 Å². The Morgan fingerprint density at radius 3 is 2.36 bits per heavy atom. The topological polar surface area (TPSA) is 58.6 Å². The summed E-state index contributed by atoms with van der Waals surface area (Å²) in [7, 11) is 0. The molecule has 0 aromatic heterocycles. The van der Waals surface area contributed by atoms with Gasteiger partial charge in [-0.3, -0.25) is 9.59 Å². The lowest BCUT2D eigenvalue weighted by Crippen LogP contribution is -2.51. The molecule has 1 atom stereocenters. The summed E-state index contributed by atoms with van der Waals surface area (Å²) in [6.07, 6.45) is 0.392. The van der Waals surface area contributed by atoms with Crippen LogP contribution in [0.25, 0.3) is 0 Å². The quantitative estimate of drug-likeness (QED) is 0.468. The van der Waals surface area contributed by atoms with Crippen LogP contribution in [0.5, 0.6) is 5.75 Å². The fourth-order valence-electron chi connectivity index (χ4n) is 3.62. The third-order valence-electron chi connectivity index (χ3n) is 5.31. The van der Waals surface area contributed by atoms with Crippen LogP contribution in [0.1, 0.15) is 23.6 Å². The lowest BCUT2D eigenvalue weighted by atomic mass is 10.0. The first-order chi connectivity index (χ1) is 16.0. The van der Waals surface area contributed by atoms with Crippen molar-refractivity contribution in [2.45, 2.75) is 32.9 Å². The molecule has 0 saturated carbocycles. The first kappa shape index (κ1) is 24.3. The van der Waals surface area contributed by atoms with E-state index in [4.69, 9.17) is 16.3 Å². The number of amides is 2. The molecule has 0 aliphatic carbocycles. The highest BCUT2D eigenvalue weighted by molar-refractivity contribution is 6.30. The number of halogens is 1. The SMILES string of the molecule is CCNC(=O)C(Cc1ccccc1)N(Cc1cccc(Cl)c1)C(=O)COc1ccccc1C. The predicted molar refractivity (Wildman–Crippen MR) is 131 cm³/mol. The second-order valence-corrected chi connectivity index (χ2v) is 8.24. The molecule has 0 heterocycles. The lowest BCUT2D eigenvalue weighted by Gasteiger charge is -2.31. The van der Waals surface area contributed by atoms with Crippen LogP contribution in [0.15, 0.2) is 78.9 Å². The number of nitrogens with one attached hydrogen (secondary N) is 1. The molecule has 0 saturated heterocycles. The molecule has 5 nitrogen and oxygen atoms in total. The van der Waals surface area contributed by atoms with Crippen LogP contribution in [0.4, 0.5) is 0 Å². The molecule has 3 aromatic rings. The highest BCUT2D eigenvalue weighted by atomic mass is 35.5. The number of hydrogen-bond acceptors (Lipinski definition) is 3. The molecule has 6 heteroatoms.